The maximum absolute atomic E-state index is 12.6. The molecule has 3 rings (SSSR count). The summed E-state index contributed by atoms with van der Waals surface area (Å²) < 4.78 is 1.96. The highest BCUT2D eigenvalue weighted by Gasteiger charge is 2.22. The van der Waals surface area contributed by atoms with Crippen LogP contribution in [0.4, 0.5) is 0 Å². The van der Waals surface area contributed by atoms with Crippen molar-refractivity contribution in [2.24, 2.45) is 0 Å². The topological polar surface area (TPSA) is 83.4 Å². The Hall–Kier alpha value is -2.39. The molecule has 1 aliphatic heterocycles. The number of carbonyl (C=O) groups excluding carboxylic acids is 2. The van der Waals surface area contributed by atoms with Gasteiger partial charge in [0.25, 0.3) is 5.91 Å². The van der Waals surface area contributed by atoms with Gasteiger partial charge in [-0.3, -0.25) is 9.59 Å². The lowest BCUT2D eigenvalue weighted by Gasteiger charge is -2.32. The number of hydrogen-bond acceptors (Lipinski definition) is 6. The first-order chi connectivity index (χ1) is 14.4. The molecular weight excluding hydrogens is 400 g/mol. The molecule has 2 aromatic rings. The summed E-state index contributed by atoms with van der Waals surface area (Å²) in [6, 6.07) is 7.19. The van der Waals surface area contributed by atoms with Crippen molar-refractivity contribution in [2.45, 2.75) is 38.5 Å². The highest BCUT2D eigenvalue weighted by Crippen LogP contribution is 2.21. The second kappa shape index (κ2) is 10.1. The average Bonchev–Trinajstić information content (AvgIpc) is 3.15. The average molecular weight is 431 g/mol. The Morgan fingerprint density at radius 2 is 1.93 bits per heavy atom. The fraction of sp³-hybridized carbons (Fsp3) is 0.524. The largest absolute Gasteiger partial charge is 0.342 e. The van der Waals surface area contributed by atoms with Crippen molar-refractivity contribution in [3.63, 3.8) is 0 Å². The molecule has 0 saturated carbocycles. The first kappa shape index (κ1) is 22.3. The summed E-state index contributed by atoms with van der Waals surface area (Å²) >= 11 is 1.40. The maximum atomic E-state index is 12.6. The SMILES string of the molecule is CCn1c(SCC(=O)N2CCN(C)CC2)nnc1C(C)NC(=O)c1cccc(C)c1. The third-order valence-corrected chi connectivity index (χ3v) is 6.21. The van der Waals surface area contributed by atoms with Crippen LogP contribution in [0.25, 0.3) is 0 Å². The van der Waals surface area contributed by atoms with Crippen molar-refractivity contribution < 1.29 is 9.59 Å². The summed E-state index contributed by atoms with van der Waals surface area (Å²) in [5.74, 6) is 1.01. The van der Waals surface area contributed by atoms with Crippen LogP contribution in [0.2, 0.25) is 0 Å². The van der Waals surface area contributed by atoms with Crippen LogP contribution in [-0.2, 0) is 11.3 Å². The molecule has 1 aromatic carbocycles. The van der Waals surface area contributed by atoms with Crippen LogP contribution in [0.5, 0.6) is 0 Å². The van der Waals surface area contributed by atoms with Crippen molar-refractivity contribution in [1.29, 1.82) is 0 Å². The number of aryl methyl sites for hydroxylation is 1. The molecule has 1 saturated heterocycles. The number of thioether (sulfide) groups is 1. The van der Waals surface area contributed by atoms with Crippen LogP contribution in [-0.4, -0.2) is 75.4 Å². The number of nitrogens with zero attached hydrogens (tertiary/aromatic N) is 5. The monoisotopic (exact) mass is 430 g/mol. The molecule has 30 heavy (non-hydrogen) atoms. The van der Waals surface area contributed by atoms with Crippen LogP contribution in [0, 0.1) is 6.92 Å². The molecule has 8 nitrogen and oxygen atoms in total. The summed E-state index contributed by atoms with van der Waals surface area (Å²) in [7, 11) is 2.07. The predicted octanol–water partition coefficient (Wildman–Crippen LogP) is 1.96. The third kappa shape index (κ3) is 5.40. The van der Waals surface area contributed by atoms with E-state index in [4.69, 9.17) is 0 Å². The Bertz CT molecular complexity index is 891. The Morgan fingerprint density at radius 1 is 1.20 bits per heavy atom. The van der Waals surface area contributed by atoms with Gasteiger partial charge in [0.2, 0.25) is 5.91 Å². The number of likely N-dealkylation sites (N-methyl/N-ethyl adjacent to an activating group) is 1. The normalized spacial score (nSPS) is 15.8. The zero-order valence-corrected chi connectivity index (χ0v) is 18.9. The molecule has 1 fully saturated rings. The van der Waals surface area contributed by atoms with E-state index in [1.165, 1.54) is 11.8 Å². The van der Waals surface area contributed by atoms with Crippen LogP contribution < -0.4 is 5.32 Å². The standard InChI is InChI=1S/C21H30N6O2S/c1-5-27-19(16(3)22-20(29)17-8-6-7-15(2)13-17)23-24-21(27)30-14-18(28)26-11-9-25(4)10-12-26/h6-8,13,16H,5,9-12,14H2,1-4H3,(H,22,29). The molecule has 162 valence electrons. The van der Waals surface area contributed by atoms with E-state index in [-0.39, 0.29) is 17.9 Å². The molecule has 1 aromatic heterocycles. The molecule has 0 bridgehead atoms. The van der Waals surface area contributed by atoms with Crippen LogP contribution in [0.15, 0.2) is 29.4 Å². The molecule has 0 radical (unpaired) electrons. The zero-order valence-electron chi connectivity index (χ0n) is 18.1. The van der Waals surface area contributed by atoms with Gasteiger partial charge in [-0.05, 0) is 40.0 Å². The predicted molar refractivity (Wildman–Crippen MR) is 118 cm³/mol. The van der Waals surface area contributed by atoms with E-state index >= 15 is 0 Å². The van der Waals surface area contributed by atoms with Gasteiger partial charge in [0.05, 0.1) is 11.8 Å². The minimum Gasteiger partial charge on any atom is -0.342 e. The highest BCUT2D eigenvalue weighted by atomic mass is 32.2. The van der Waals surface area contributed by atoms with Gasteiger partial charge in [-0.25, -0.2) is 0 Å². The van der Waals surface area contributed by atoms with Crippen molar-refractivity contribution in [3.8, 4) is 0 Å². The van der Waals surface area contributed by atoms with Gasteiger partial charge < -0.3 is 19.7 Å². The number of piperazine rings is 1. The van der Waals surface area contributed by atoms with E-state index in [0.717, 1.165) is 31.7 Å². The molecule has 1 atom stereocenters. The minimum absolute atomic E-state index is 0.126. The third-order valence-electron chi connectivity index (χ3n) is 5.26. The lowest BCUT2D eigenvalue weighted by atomic mass is 10.1. The fourth-order valence-electron chi connectivity index (χ4n) is 3.43. The molecular formula is C21H30N6O2S. The number of amides is 2. The zero-order chi connectivity index (χ0) is 21.7. The number of carbonyl (C=O) groups is 2. The number of benzene rings is 1. The van der Waals surface area contributed by atoms with E-state index in [2.05, 4.69) is 27.5 Å². The van der Waals surface area contributed by atoms with Gasteiger partial charge in [0, 0.05) is 38.3 Å². The lowest BCUT2D eigenvalue weighted by Crippen LogP contribution is -2.47. The molecule has 1 unspecified atom stereocenters. The number of aromatic nitrogens is 3. The van der Waals surface area contributed by atoms with Crippen molar-refractivity contribution in [3.05, 3.63) is 41.2 Å². The van der Waals surface area contributed by atoms with Gasteiger partial charge >= 0.3 is 0 Å². The van der Waals surface area contributed by atoms with E-state index in [1.807, 2.05) is 48.4 Å². The van der Waals surface area contributed by atoms with Crippen LogP contribution in [0.3, 0.4) is 0 Å². The summed E-state index contributed by atoms with van der Waals surface area (Å²) in [5.41, 5.74) is 1.66. The first-order valence-electron chi connectivity index (χ1n) is 10.3. The van der Waals surface area contributed by atoms with Gasteiger partial charge in [-0.1, -0.05) is 29.5 Å². The number of hydrogen-bond donors (Lipinski definition) is 1. The smallest absolute Gasteiger partial charge is 0.251 e. The fourth-order valence-corrected chi connectivity index (χ4v) is 4.34. The number of rotatable bonds is 7. The molecule has 0 aliphatic carbocycles. The van der Waals surface area contributed by atoms with Crippen LogP contribution >= 0.6 is 11.8 Å². The van der Waals surface area contributed by atoms with E-state index in [9.17, 15) is 9.59 Å². The summed E-state index contributed by atoms with van der Waals surface area (Å²) in [4.78, 5) is 29.2. The van der Waals surface area contributed by atoms with Crippen molar-refractivity contribution in [2.75, 3.05) is 39.0 Å². The maximum Gasteiger partial charge on any atom is 0.251 e. The molecule has 1 N–H and O–H groups in total. The molecule has 9 heteroatoms. The minimum atomic E-state index is -0.298. The summed E-state index contributed by atoms with van der Waals surface area (Å²) in [6.45, 7) is 9.88. The molecule has 2 heterocycles. The first-order valence-corrected chi connectivity index (χ1v) is 11.3. The van der Waals surface area contributed by atoms with E-state index in [1.54, 1.807) is 6.07 Å². The quantitative estimate of drug-likeness (QED) is 0.676. The molecule has 0 spiro atoms. The number of nitrogens with one attached hydrogen (secondary N) is 1. The van der Waals surface area contributed by atoms with Gasteiger partial charge in [-0.15, -0.1) is 10.2 Å². The second-order valence-corrected chi connectivity index (χ2v) is 8.56. The second-order valence-electron chi connectivity index (χ2n) is 7.62. The highest BCUT2D eigenvalue weighted by molar-refractivity contribution is 7.99. The van der Waals surface area contributed by atoms with E-state index < -0.39 is 0 Å². The molecule has 1 aliphatic rings. The lowest BCUT2D eigenvalue weighted by molar-refractivity contribution is -0.129. The Kier molecular flexibility index (Phi) is 7.49. The Labute approximate surface area is 182 Å². The van der Waals surface area contributed by atoms with Crippen molar-refractivity contribution in [1.82, 2.24) is 29.9 Å². The van der Waals surface area contributed by atoms with Crippen LogP contribution in [0.1, 0.15) is 41.6 Å². The van der Waals surface area contributed by atoms with Crippen molar-refractivity contribution >= 4 is 23.6 Å². The Morgan fingerprint density at radius 3 is 2.60 bits per heavy atom. The molecule has 2 amide bonds. The summed E-state index contributed by atoms with van der Waals surface area (Å²) in [6.07, 6.45) is 0. The Balaban J connectivity index is 1.61. The van der Waals surface area contributed by atoms with Gasteiger partial charge in [-0.2, -0.15) is 0 Å². The van der Waals surface area contributed by atoms with E-state index in [0.29, 0.717) is 28.8 Å². The van der Waals surface area contributed by atoms with Gasteiger partial charge in [0.15, 0.2) is 11.0 Å². The summed E-state index contributed by atoms with van der Waals surface area (Å²) in [5, 5.41) is 12.3. The van der Waals surface area contributed by atoms with Gasteiger partial charge in [0.1, 0.15) is 0 Å².